The van der Waals surface area contributed by atoms with Crippen molar-refractivity contribution in [3.05, 3.63) is 36.4 Å². The lowest BCUT2D eigenvalue weighted by Gasteiger charge is -2.43. The summed E-state index contributed by atoms with van der Waals surface area (Å²) in [6.45, 7) is -0.155. The summed E-state index contributed by atoms with van der Waals surface area (Å²) < 4.78 is 10.2. The number of amides is 1. The van der Waals surface area contributed by atoms with Gasteiger partial charge in [-0.15, -0.1) is 0 Å². The van der Waals surface area contributed by atoms with E-state index in [1.807, 2.05) is 30.3 Å². The van der Waals surface area contributed by atoms with Crippen LogP contribution in [0.4, 0.5) is 5.69 Å². The van der Waals surface area contributed by atoms with Gasteiger partial charge in [0.25, 0.3) is 0 Å². The molecule has 0 saturated heterocycles. The molecular formula is C23H28N2O4. The summed E-state index contributed by atoms with van der Waals surface area (Å²) in [6, 6.07) is 11.6. The number of hydrogen-bond acceptors (Lipinski definition) is 5. The predicted octanol–water partition coefficient (Wildman–Crippen LogP) is 3.48. The first-order chi connectivity index (χ1) is 14.1. The Labute approximate surface area is 170 Å². The highest BCUT2D eigenvalue weighted by molar-refractivity contribution is 6.04. The number of hydrogen-bond donors (Lipinski definition) is 2. The molecule has 154 valence electrons. The zero-order chi connectivity index (χ0) is 20.4. The summed E-state index contributed by atoms with van der Waals surface area (Å²) in [5, 5.41) is 4.86. The molecule has 1 amide bonds. The average molecular weight is 396 g/mol. The third kappa shape index (κ3) is 4.08. The Balaban J connectivity index is 1.52. The molecule has 2 saturated carbocycles. The van der Waals surface area contributed by atoms with Crippen LogP contribution in [0.2, 0.25) is 0 Å². The van der Waals surface area contributed by atoms with Crippen LogP contribution in [0, 0.1) is 17.8 Å². The van der Waals surface area contributed by atoms with Crippen molar-refractivity contribution in [2.45, 2.75) is 38.1 Å². The molecule has 2 bridgehead atoms. The highest BCUT2D eigenvalue weighted by atomic mass is 16.6. The molecule has 0 radical (unpaired) electrons. The van der Waals surface area contributed by atoms with Gasteiger partial charge < -0.3 is 20.5 Å². The summed E-state index contributed by atoms with van der Waals surface area (Å²) >= 11 is 0. The first-order valence-corrected chi connectivity index (χ1v) is 10.3. The van der Waals surface area contributed by atoms with Gasteiger partial charge in [-0.05, 0) is 49.7 Å². The third-order valence-corrected chi connectivity index (χ3v) is 6.50. The number of methoxy groups -OCH3 is 1. The van der Waals surface area contributed by atoms with E-state index < -0.39 is 5.97 Å². The van der Waals surface area contributed by atoms with Crippen LogP contribution in [0.3, 0.4) is 0 Å². The number of fused-ring (bicyclic) bond motifs is 3. The summed E-state index contributed by atoms with van der Waals surface area (Å²) in [4.78, 5) is 24.4. The van der Waals surface area contributed by atoms with Crippen LogP contribution in [0.1, 0.15) is 32.1 Å². The molecule has 0 spiro atoms. The number of nitrogens with two attached hydrogens (primary N) is 1. The molecule has 2 aromatic carbocycles. The third-order valence-electron chi connectivity index (χ3n) is 6.50. The Bertz CT molecular complexity index is 899. The summed E-state index contributed by atoms with van der Waals surface area (Å²) in [5.41, 5.74) is 7.13. The number of rotatable bonds is 5. The largest absolute Gasteiger partial charge is 0.481 e. The smallest absolute Gasteiger partial charge is 0.343 e. The minimum absolute atomic E-state index is 0.0131. The quantitative estimate of drug-likeness (QED) is 0.755. The maximum atomic E-state index is 13.0. The standard InChI is InChI=1S/C23H28N2O4/c1-28-21(26)13-29-20-10-9-19(17-7-2-3-8-18(17)20)25-23(27)16-11-14-5-4-6-15(12-16)22(14)24/h2-3,7-10,14-16,22H,4-6,11-13,24H2,1H3,(H,25,27). The molecule has 2 atom stereocenters. The molecule has 2 aliphatic carbocycles. The van der Waals surface area contributed by atoms with E-state index in [2.05, 4.69) is 10.1 Å². The minimum Gasteiger partial charge on any atom is -0.481 e. The maximum Gasteiger partial charge on any atom is 0.343 e. The highest BCUT2D eigenvalue weighted by Gasteiger charge is 2.40. The topological polar surface area (TPSA) is 90.6 Å². The number of anilines is 1. The van der Waals surface area contributed by atoms with Gasteiger partial charge in [0, 0.05) is 28.4 Å². The van der Waals surface area contributed by atoms with Gasteiger partial charge in [0.1, 0.15) is 5.75 Å². The monoisotopic (exact) mass is 396 g/mol. The molecule has 2 fully saturated rings. The molecule has 2 aliphatic rings. The lowest BCUT2D eigenvalue weighted by Crippen LogP contribution is -2.48. The average Bonchev–Trinajstić information content (AvgIpc) is 2.72. The van der Waals surface area contributed by atoms with E-state index in [0.717, 1.165) is 42.1 Å². The van der Waals surface area contributed by atoms with Gasteiger partial charge in [-0.3, -0.25) is 4.79 Å². The lowest BCUT2D eigenvalue weighted by atomic mass is 9.65. The molecular weight excluding hydrogens is 368 g/mol. The minimum atomic E-state index is -0.437. The number of nitrogens with one attached hydrogen (secondary N) is 1. The number of esters is 1. The first kappa shape index (κ1) is 19.7. The van der Waals surface area contributed by atoms with Crippen molar-refractivity contribution in [1.29, 1.82) is 0 Å². The highest BCUT2D eigenvalue weighted by Crippen LogP contribution is 2.42. The Morgan fingerprint density at radius 1 is 1.07 bits per heavy atom. The van der Waals surface area contributed by atoms with Gasteiger partial charge in [-0.1, -0.05) is 30.7 Å². The van der Waals surface area contributed by atoms with Crippen LogP contribution in [0.25, 0.3) is 10.8 Å². The summed E-state index contributed by atoms with van der Waals surface area (Å²) in [7, 11) is 1.33. The zero-order valence-electron chi connectivity index (χ0n) is 16.7. The molecule has 6 heteroatoms. The van der Waals surface area contributed by atoms with Crippen molar-refractivity contribution in [2.75, 3.05) is 19.0 Å². The van der Waals surface area contributed by atoms with E-state index in [0.29, 0.717) is 17.6 Å². The predicted molar refractivity (Wildman–Crippen MR) is 112 cm³/mol. The van der Waals surface area contributed by atoms with Gasteiger partial charge in [0.15, 0.2) is 6.61 Å². The van der Waals surface area contributed by atoms with Crippen molar-refractivity contribution in [2.24, 2.45) is 23.5 Å². The maximum absolute atomic E-state index is 13.0. The normalized spacial score (nSPS) is 26.0. The number of carbonyl (C=O) groups is 2. The second kappa shape index (κ2) is 8.41. The molecule has 4 rings (SSSR count). The van der Waals surface area contributed by atoms with Gasteiger partial charge in [0.2, 0.25) is 5.91 Å². The Hall–Kier alpha value is -2.60. The zero-order valence-corrected chi connectivity index (χ0v) is 16.7. The van der Waals surface area contributed by atoms with E-state index in [4.69, 9.17) is 10.5 Å². The van der Waals surface area contributed by atoms with E-state index in [1.54, 1.807) is 6.07 Å². The van der Waals surface area contributed by atoms with Crippen LogP contribution < -0.4 is 15.8 Å². The van der Waals surface area contributed by atoms with Crippen LogP contribution in [-0.2, 0) is 14.3 Å². The van der Waals surface area contributed by atoms with Crippen molar-refractivity contribution >= 4 is 28.3 Å². The Kier molecular flexibility index (Phi) is 5.72. The fraction of sp³-hybridized carbons (Fsp3) is 0.478. The molecule has 6 nitrogen and oxygen atoms in total. The van der Waals surface area contributed by atoms with Crippen molar-refractivity contribution in [3.63, 3.8) is 0 Å². The van der Waals surface area contributed by atoms with Crippen molar-refractivity contribution in [1.82, 2.24) is 0 Å². The van der Waals surface area contributed by atoms with E-state index in [9.17, 15) is 9.59 Å². The number of ether oxygens (including phenoxy) is 2. The van der Waals surface area contributed by atoms with E-state index in [-0.39, 0.29) is 24.5 Å². The summed E-state index contributed by atoms with van der Waals surface area (Å²) in [5.74, 6) is 1.16. The molecule has 0 aliphatic heterocycles. The fourth-order valence-electron chi connectivity index (χ4n) is 4.94. The summed E-state index contributed by atoms with van der Waals surface area (Å²) in [6.07, 6.45) is 5.26. The fourth-order valence-corrected chi connectivity index (χ4v) is 4.94. The van der Waals surface area contributed by atoms with Crippen LogP contribution >= 0.6 is 0 Å². The molecule has 0 aromatic heterocycles. The van der Waals surface area contributed by atoms with Gasteiger partial charge in [-0.25, -0.2) is 4.79 Å². The number of benzene rings is 2. The van der Waals surface area contributed by atoms with Crippen LogP contribution in [0.15, 0.2) is 36.4 Å². The van der Waals surface area contributed by atoms with Gasteiger partial charge >= 0.3 is 5.97 Å². The van der Waals surface area contributed by atoms with E-state index in [1.165, 1.54) is 13.5 Å². The lowest BCUT2D eigenvalue weighted by molar-refractivity contribution is -0.142. The molecule has 2 unspecified atom stereocenters. The van der Waals surface area contributed by atoms with Crippen LogP contribution in [-0.4, -0.2) is 31.6 Å². The van der Waals surface area contributed by atoms with Crippen LogP contribution in [0.5, 0.6) is 5.75 Å². The second-order valence-corrected chi connectivity index (χ2v) is 8.21. The second-order valence-electron chi connectivity index (χ2n) is 8.21. The molecule has 2 aromatic rings. The van der Waals surface area contributed by atoms with E-state index >= 15 is 0 Å². The first-order valence-electron chi connectivity index (χ1n) is 10.3. The Morgan fingerprint density at radius 2 is 1.76 bits per heavy atom. The van der Waals surface area contributed by atoms with Gasteiger partial charge in [0.05, 0.1) is 7.11 Å². The molecule has 3 N–H and O–H groups in total. The molecule has 0 heterocycles. The van der Waals surface area contributed by atoms with Crippen molar-refractivity contribution < 1.29 is 19.1 Å². The van der Waals surface area contributed by atoms with Gasteiger partial charge in [-0.2, -0.15) is 0 Å². The molecule has 29 heavy (non-hydrogen) atoms. The number of carbonyl (C=O) groups excluding carboxylic acids is 2. The Morgan fingerprint density at radius 3 is 2.45 bits per heavy atom. The SMILES string of the molecule is COC(=O)COc1ccc(NC(=O)C2CC3CCCC(C2)C3N)c2ccccc12. The van der Waals surface area contributed by atoms with Crippen molar-refractivity contribution in [3.8, 4) is 5.75 Å².